The molecule has 18 heavy (non-hydrogen) atoms. The maximum absolute atomic E-state index is 11.9. The molecule has 0 bridgehead atoms. The van der Waals surface area contributed by atoms with Gasteiger partial charge in [-0.05, 0) is 18.6 Å². The highest BCUT2D eigenvalue weighted by atomic mass is 16.5. The highest BCUT2D eigenvalue weighted by molar-refractivity contribution is 5.94. The fraction of sp³-hybridized carbons (Fsp3) is 0.385. The number of anilines is 1. The number of hydrogen-bond donors (Lipinski definition) is 2. The van der Waals surface area contributed by atoms with Gasteiger partial charge < -0.3 is 15.2 Å². The van der Waals surface area contributed by atoms with E-state index in [4.69, 9.17) is 9.84 Å². The van der Waals surface area contributed by atoms with Gasteiger partial charge in [0.05, 0.1) is 13.5 Å². The number of hydrogen-bond acceptors (Lipinski definition) is 3. The summed E-state index contributed by atoms with van der Waals surface area (Å²) in [6, 6.07) is 6.94. The Labute approximate surface area is 106 Å². The summed E-state index contributed by atoms with van der Waals surface area (Å²) in [4.78, 5) is 22.5. The Morgan fingerprint density at radius 3 is 2.72 bits per heavy atom. The molecule has 1 amide bonds. The van der Waals surface area contributed by atoms with Crippen LogP contribution in [0.3, 0.4) is 0 Å². The van der Waals surface area contributed by atoms with E-state index in [1.54, 1.807) is 38.3 Å². The Balaban J connectivity index is 2.69. The number of carboxylic acid groups (broad SMARTS) is 1. The van der Waals surface area contributed by atoms with Crippen LogP contribution in [-0.2, 0) is 9.59 Å². The van der Waals surface area contributed by atoms with Crippen LogP contribution in [0.25, 0.3) is 0 Å². The van der Waals surface area contributed by atoms with E-state index in [0.717, 1.165) is 0 Å². The van der Waals surface area contributed by atoms with Gasteiger partial charge >= 0.3 is 5.97 Å². The lowest BCUT2D eigenvalue weighted by atomic mass is 10.0. The molecule has 0 aliphatic heterocycles. The Hall–Kier alpha value is -2.04. The minimum atomic E-state index is -0.970. The highest BCUT2D eigenvalue weighted by Crippen LogP contribution is 2.18. The first kappa shape index (κ1) is 14.0. The molecule has 0 aliphatic carbocycles. The molecule has 98 valence electrons. The van der Waals surface area contributed by atoms with Crippen LogP contribution in [0.1, 0.15) is 19.8 Å². The van der Waals surface area contributed by atoms with Crippen LogP contribution in [0.5, 0.6) is 5.75 Å². The van der Waals surface area contributed by atoms with Crippen LogP contribution in [0, 0.1) is 5.92 Å². The van der Waals surface area contributed by atoms with E-state index in [9.17, 15) is 9.59 Å². The van der Waals surface area contributed by atoms with Crippen LogP contribution in [0.2, 0.25) is 0 Å². The smallest absolute Gasteiger partial charge is 0.304 e. The molecule has 0 fully saturated rings. The third-order valence-electron chi connectivity index (χ3n) is 2.62. The Kier molecular flexibility index (Phi) is 5.17. The average Bonchev–Trinajstić information content (AvgIpc) is 2.35. The second-order valence-corrected chi connectivity index (χ2v) is 3.92. The highest BCUT2D eigenvalue weighted by Gasteiger charge is 2.19. The normalized spacial score (nSPS) is 11.7. The zero-order valence-corrected chi connectivity index (χ0v) is 10.5. The summed E-state index contributed by atoms with van der Waals surface area (Å²) in [7, 11) is 1.54. The third-order valence-corrected chi connectivity index (χ3v) is 2.62. The van der Waals surface area contributed by atoms with Crippen molar-refractivity contribution >= 4 is 17.6 Å². The van der Waals surface area contributed by atoms with E-state index < -0.39 is 11.9 Å². The van der Waals surface area contributed by atoms with Crippen LogP contribution in [0.15, 0.2) is 24.3 Å². The number of carboxylic acids is 1. The van der Waals surface area contributed by atoms with E-state index in [0.29, 0.717) is 17.9 Å². The fourth-order valence-corrected chi connectivity index (χ4v) is 1.58. The van der Waals surface area contributed by atoms with Crippen molar-refractivity contribution in [1.29, 1.82) is 0 Å². The van der Waals surface area contributed by atoms with Gasteiger partial charge in [0.2, 0.25) is 5.91 Å². The Bertz CT molecular complexity index is 431. The average molecular weight is 251 g/mol. The largest absolute Gasteiger partial charge is 0.497 e. The molecule has 0 heterocycles. The lowest BCUT2D eigenvalue weighted by molar-refractivity contribution is -0.140. The summed E-state index contributed by atoms with van der Waals surface area (Å²) in [6.07, 6.45) is 0.328. The molecule has 0 aliphatic rings. The zero-order valence-electron chi connectivity index (χ0n) is 10.5. The number of methoxy groups -OCH3 is 1. The van der Waals surface area contributed by atoms with E-state index in [1.165, 1.54) is 0 Å². The number of carbonyl (C=O) groups is 2. The van der Waals surface area contributed by atoms with Crippen molar-refractivity contribution < 1.29 is 19.4 Å². The van der Waals surface area contributed by atoms with Gasteiger partial charge in [-0.3, -0.25) is 9.59 Å². The molecule has 1 aromatic carbocycles. The molecular weight excluding hydrogens is 234 g/mol. The first-order valence-electron chi connectivity index (χ1n) is 5.73. The van der Waals surface area contributed by atoms with Gasteiger partial charge in [-0.2, -0.15) is 0 Å². The number of aliphatic carboxylic acids is 1. The van der Waals surface area contributed by atoms with Crippen molar-refractivity contribution in [3.05, 3.63) is 24.3 Å². The number of nitrogens with one attached hydrogen (secondary N) is 1. The van der Waals surface area contributed by atoms with Crippen molar-refractivity contribution in [2.24, 2.45) is 5.92 Å². The fourth-order valence-electron chi connectivity index (χ4n) is 1.58. The second kappa shape index (κ2) is 6.64. The molecule has 0 aromatic heterocycles. The number of benzene rings is 1. The lowest BCUT2D eigenvalue weighted by Crippen LogP contribution is -2.24. The molecule has 5 heteroatoms. The number of carbonyl (C=O) groups excluding carboxylic acids is 1. The van der Waals surface area contributed by atoms with Gasteiger partial charge in [-0.25, -0.2) is 0 Å². The predicted octanol–water partition coefficient (Wildman–Crippen LogP) is 2.13. The first-order chi connectivity index (χ1) is 8.56. The maximum atomic E-state index is 11.9. The topological polar surface area (TPSA) is 75.6 Å². The zero-order chi connectivity index (χ0) is 13.5. The van der Waals surface area contributed by atoms with Gasteiger partial charge in [0.25, 0.3) is 0 Å². The van der Waals surface area contributed by atoms with Crippen molar-refractivity contribution in [3.8, 4) is 5.75 Å². The van der Waals surface area contributed by atoms with Gasteiger partial charge in [0.15, 0.2) is 0 Å². The molecule has 0 saturated carbocycles. The molecule has 5 nitrogen and oxygen atoms in total. The number of ether oxygens (including phenoxy) is 1. The van der Waals surface area contributed by atoms with Crippen LogP contribution in [0.4, 0.5) is 5.69 Å². The van der Waals surface area contributed by atoms with Crippen molar-refractivity contribution in [2.45, 2.75) is 19.8 Å². The minimum Gasteiger partial charge on any atom is -0.497 e. The lowest BCUT2D eigenvalue weighted by Gasteiger charge is -2.13. The second-order valence-electron chi connectivity index (χ2n) is 3.92. The van der Waals surface area contributed by atoms with Gasteiger partial charge in [0.1, 0.15) is 5.75 Å². The van der Waals surface area contributed by atoms with Crippen LogP contribution >= 0.6 is 0 Å². The van der Waals surface area contributed by atoms with Crippen molar-refractivity contribution in [2.75, 3.05) is 12.4 Å². The Morgan fingerprint density at radius 2 is 2.17 bits per heavy atom. The monoisotopic (exact) mass is 251 g/mol. The molecule has 0 saturated heterocycles. The quantitative estimate of drug-likeness (QED) is 0.812. The van der Waals surface area contributed by atoms with Crippen molar-refractivity contribution in [1.82, 2.24) is 0 Å². The van der Waals surface area contributed by atoms with E-state index in [2.05, 4.69) is 5.32 Å². The van der Waals surface area contributed by atoms with E-state index in [1.807, 2.05) is 0 Å². The maximum Gasteiger partial charge on any atom is 0.304 e. The molecule has 1 atom stereocenters. The molecule has 2 N–H and O–H groups in total. The van der Waals surface area contributed by atoms with E-state index >= 15 is 0 Å². The van der Waals surface area contributed by atoms with Gasteiger partial charge in [-0.1, -0.05) is 13.0 Å². The van der Waals surface area contributed by atoms with Crippen LogP contribution < -0.4 is 10.1 Å². The number of amides is 1. The van der Waals surface area contributed by atoms with Gasteiger partial charge in [-0.15, -0.1) is 0 Å². The summed E-state index contributed by atoms with van der Waals surface area (Å²) in [5, 5.41) is 11.4. The molecule has 0 spiro atoms. The predicted molar refractivity (Wildman–Crippen MR) is 67.7 cm³/mol. The standard InChI is InChI=1S/C13H17NO4/c1-3-9(7-12(15)16)13(17)14-10-5-4-6-11(8-10)18-2/h4-6,8-9H,3,7H2,1-2H3,(H,14,17)(H,15,16). The number of rotatable bonds is 6. The third kappa shape index (κ3) is 4.08. The summed E-state index contributed by atoms with van der Waals surface area (Å²) in [6.45, 7) is 1.79. The summed E-state index contributed by atoms with van der Waals surface area (Å²) in [5.74, 6) is -1.14. The summed E-state index contributed by atoms with van der Waals surface area (Å²) >= 11 is 0. The Morgan fingerprint density at radius 1 is 1.44 bits per heavy atom. The molecular formula is C13H17NO4. The molecule has 1 aromatic rings. The molecule has 1 rings (SSSR count). The SMILES string of the molecule is CCC(CC(=O)O)C(=O)Nc1cccc(OC)c1. The summed E-state index contributed by atoms with van der Waals surface area (Å²) in [5.41, 5.74) is 0.600. The minimum absolute atomic E-state index is 0.160. The van der Waals surface area contributed by atoms with Gasteiger partial charge in [0, 0.05) is 17.7 Å². The van der Waals surface area contributed by atoms with Crippen molar-refractivity contribution in [3.63, 3.8) is 0 Å². The summed E-state index contributed by atoms with van der Waals surface area (Å²) < 4.78 is 5.04. The molecule has 0 radical (unpaired) electrons. The molecule has 1 unspecified atom stereocenters. The van der Waals surface area contributed by atoms with E-state index in [-0.39, 0.29) is 12.3 Å². The first-order valence-corrected chi connectivity index (χ1v) is 5.73. The van der Waals surface area contributed by atoms with Crippen LogP contribution in [-0.4, -0.2) is 24.1 Å².